The smallest absolute Gasteiger partial charge is 0.330 e. The van der Waals surface area contributed by atoms with E-state index in [9.17, 15) is 9.59 Å². The summed E-state index contributed by atoms with van der Waals surface area (Å²) >= 11 is 12.7. The highest BCUT2D eigenvalue weighted by Gasteiger charge is 2.20. The molecular weight excluding hydrogens is 396 g/mol. The highest BCUT2D eigenvalue weighted by Crippen LogP contribution is 2.10. The van der Waals surface area contributed by atoms with Gasteiger partial charge in [0.2, 0.25) is 0 Å². The Hall–Kier alpha value is -0.660. The van der Waals surface area contributed by atoms with Crippen LogP contribution in [0.25, 0.3) is 0 Å². The Kier molecular flexibility index (Phi) is 13.2. The second-order valence-corrected chi connectivity index (χ2v) is 7.62. The lowest BCUT2D eigenvalue weighted by Crippen LogP contribution is -2.42. The Bertz CT molecular complexity index is 411. The zero-order chi connectivity index (χ0) is 18.5. The molecule has 0 aromatic carbocycles. The Morgan fingerprint density at radius 1 is 0.917 bits per heavy atom. The van der Waals surface area contributed by atoms with E-state index < -0.39 is 37.2 Å². The number of aliphatic hydroxyl groups is 2. The number of esters is 2. The fourth-order valence-corrected chi connectivity index (χ4v) is 3.55. The second kappa shape index (κ2) is 13.6. The highest BCUT2D eigenvalue weighted by molar-refractivity contribution is 8.25. The Balaban J connectivity index is 4.03. The van der Waals surface area contributed by atoms with Gasteiger partial charge in [0.25, 0.3) is 0 Å². The Labute approximate surface area is 159 Å². The lowest BCUT2D eigenvalue weighted by Gasteiger charge is -2.16. The van der Waals surface area contributed by atoms with Crippen LogP contribution in [0.5, 0.6) is 0 Å². The summed E-state index contributed by atoms with van der Waals surface area (Å²) in [5.74, 6) is -0.0321. The average Bonchev–Trinajstić information content (AvgIpc) is 2.59. The Morgan fingerprint density at radius 2 is 1.25 bits per heavy atom. The molecule has 0 aromatic rings. The number of carbonyl (C=O) groups is 2. The van der Waals surface area contributed by atoms with Gasteiger partial charge in [0.15, 0.2) is 0 Å². The first-order valence-electron chi connectivity index (χ1n) is 6.63. The van der Waals surface area contributed by atoms with Gasteiger partial charge >= 0.3 is 11.9 Å². The minimum absolute atomic E-state index is 0.349. The van der Waals surface area contributed by atoms with E-state index >= 15 is 0 Å². The van der Waals surface area contributed by atoms with E-state index in [1.165, 1.54) is 37.7 Å². The predicted octanol–water partition coefficient (Wildman–Crippen LogP) is -0.730. The first kappa shape index (κ1) is 23.3. The summed E-state index contributed by atoms with van der Waals surface area (Å²) in [4.78, 5) is 22.6. The number of rotatable bonds is 9. The Morgan fingerprint density at radius 3 is 1.50 bits per heavy atom. The highest BCUT2D eigenvalue weighted by atomic mass is 32.2. The molecule has 0 aromatic heterocycles. The fraction of sp³-hybridized carbons (Fsp3) is 0.667. The fourth-order valence-electron chi connectivity index (χ4n) is 1.28. The molecule has 0 spiro atoms. The molecule has 24 heavy (non-hydrogen) atoms. The predicted molar refractivity (Wildman–Crippen MR) is 102 cm³/mol. The lowest BCUT2D eigenvalue weighted by atomic mass is 10.3. The van der Waals surface area contributed by atoms with Crippen LogP contribution in [0.2, 0.25) is 0 Å². The number of thiocarbonyl (C=S) groups is 2. The average molecular weight is 417 g/mol. The number of hydrogen-bond acceptors (Lipinski definition) is 10. The van der Waals surface area contributed by atoms with E-state index in [0.29, 0.717) is 20.1 Å². The van der Waals surface area contributed by atoms with Gasteiger partial charge < -0.3 is 30.3 Å². The van der Waals surface area contributed by atoms with Gasteiger partial charge in [0.1, 0.15) is 20.7 Å². The third-order valence-electron chi connectivity index (χ3n) is 2.47. The maximum Gasteiger partial charge on any atom is 0.330 e. The quantitative estimate of drug-likeness (QED) is 0.216. The molecule has 12 heteroatoms. The van der Waals surface area contributed by atoms with Crippen molar-refractivity contribution in [3.8, 4) is 0 Å². The number of nitrogens with one attached hydrogen (secondary N) is 2. The van der Waals surface area contributed by atoms with Crippen LogP contribution < -0.4 is 10.6 Å². The number of methoxy groups -OCH3 is 2. The maximum absolute atomic E-state index is 11.3. The van der Waals surface area contributed by atoms with Crippen molar-refractivity contribution in [3.05, 3.63) is 0 Å². The van der Waals surface area contributed by atoms with Crippen molar-refractivity contribution in [2.24, 2.45) is 0 Å². The van der Waals surface area contributed by atoms with Gasteiger partial charge in [-0.1, -0.05) is 48.0 Å². The molecule has 138 valence electrons. The van der Waals surface area contributed by atoms with Crippen molar-refractivity contribution in [1.82, 2.24) is 10.6 Å². The molecule has 0 saturated heterocycles. The molecule has 0 amide bonds. The monoisotopic (exact) mass is 416 g/mol. The summed E-state index contributed by atoms with van der Waals surface area (Å²) in [5, 5.41) is 23.5. The normalized spacial score (nSPS) is 12.7. The molecule has 2 atom stereocenters. The number of hydrogen-bond donors (Lipinski definition) is 4. The van der Waals surface area contributed by atoms with E-state index in [0.717, 1.165) is 0 Å². The van der Waals surface area contributed by atoms with Gasteiger partial charge in [-0.15, -0.1) is 0 Å². The molecule has 8 nitrogen and oxygen atoms in total. The number of aliphatic hydroxyl groups excluding tert-OH is 2. The van der Waals surface area contributed by atoms with Crippen LogP contribution in [0.15, 0.2) is 0 Å². The van der Waals surface area contributed by atoms with Crippen molar-refractivity contribution in [1.29, 1.82) is 0 Å². The molecule has 0 saturated carbocycles. The molecule has 0 fully saturated rings. The largest absolute Gasteiger partial charge is 0.467 e. The lowest BCUT2D eigenvalue weighted by molar-refractivity contribution is -0.144. The van der Waals surface area contributed by atoms with E-state index in [-0.39, 0.29) is 0 Å². The zero-order valence-electron chi connectivity index (χ0n) is 13.1. The first-order chi connectivity index (χ1) is 11.4. The van der Waals surface area contributed by atoms with Crippen molar-refractivity contribution < 1.29 is 29.3 Å². The summed E-state index contributed by atoms with van der Waals surface area (Å²) in [6.07, 6.45) is 0. The number of thioether (sulfide) groups is 2. The van der Waals surface area contributed by atoms with E-state index in [1.54, 1.807) is 0 Å². The van der Waals surface area contributed by atoms with Crippen LogP contribution >= 0.6 is 48.0 Å². The zero-order valence-corrected chi connectivity index (χ0v) is 16.4. The topological polar surface area (TPSA) is 117 Å². The third kappa shape index (κ3) is 9.59. The minimum Gasteiger partial charge on any atom is -0.467 e. The third-order valence-corrected chi connectivity index (χ3v) is 5.25. The molecule has 0 unspecified atom stereocenters. The van der Waals surface area contributed by atoms with Crippen molar-refractivity contribution in [2.45, 2.75) is 12.1 Å². The van der Waals surface area contributed by atoms with Crippen molar-refractivity contribution in [2.75, 3.05) is 38.9 Å². The van der Waals surface area contributed by atoms with Crippen LogP contribution in [0, 0.1) is 0 Å². The first-order valence-corrected chi connectivity index (χ1v) is 9.42. The van der Waals surface area contributed by atoms with Gasteiger partial charge in [0, 0.05) is 11.5 Å². The molecule has 0 rings (SSSR count). The standard InChI is InChI=1S/C12H20N2O6S4/c1-19-9(17)7(5-15)13-11(21)23-3-4-24-12(22)14-8(6-16)10(18)20-2/h7-8,15-16H,3-6H2,1-2H3,(H,13,21)(H,14,22)/t7-,8-/m0/s1. The summed E-state index contributed by atoms with van der Waals surface area (Å²) < 4.78 is 9.74. The van der Waals surface area contributed by atoms with Crippen LogP contribution in [-0.2, 0) is 19.1 Å². The van der Waals surface area contributed by atoms with Gasteiger partial charge in [-0.25, -0.2) is 9.59 Å². The summed E-state index contributed by atoms with van der Waals surface area (Å²) in [6.45, 7) is -0.849. The molecule has 4 N–H and O–H groups in total. The second-order valence-electron chi connectivity index (χ2n) is 4.08. The van der Waals surface area contributed by atoms with Crippen LogP contribution in [0.4, 0.5) is 0 Å². The molecule has 0 heterocycles. The summed E-state index contributed by atoms with van der Waals surface area (Å²) in [7, 11) is 2.45. The molecular formula is C12H20N2O6S4. The van der Waals surface area contributed by atoms with Crippen LogP contribution in [0.3, 0.4) is 0 Å². The van der Waals surface area contributed by atoms with Crippen LogP contribution in [0.1, 0.15) is 0 Å². The van der Waals surface area contributed by atoms with E-state index in [4.69, 9.17) is 34.6 Å². The van der Waals surface area contributed by atoms with Gasteiger partial charge in [-0.3, -0.25) is 0 Å². The summed E-state index contributed by atoms with van der Waals surface area (Å²) in [6, 6.07) is -1.79. The van der Waals surface area contributed by atoms with Crippen LogP contribution in [-0.4, -0.2) is 81.8 Å². The maximum atomic E-state index is 11.3. The van der Waals surface area contributed by atoms with Gasteiger partial charge in [-0.2, -0.15) is 0 Å². The summed E-state index contributed by atoms with van der Waals surface area (Å²) in [5.41, 5.74) is 0. The van der Waals surface area contributed by atoms with Gasteiger partial charge in [0.05, 0.1) is 27.4 Å². The van der Waals surface area contributed by atoms with Gasteiger partial charge in [-0.05, 0) is 0 Å². The number of carbonyl (C=O) groups excluding carboxylic acids is 2. The molecule has 0 aliphatic heterocycles. The molecule has 0 bridgehead atoms. The number of ether oxygens (including phenoxy) is 2. The molecule has 0 aliphatic rings. The molecule has 0 aliphatic carbocycles. The van der Waals surface area contributed by atoms with E-state index in [2.05, 4.69) is 20.1 Å². The minimum atomic E-state index is -0.893. The van der Waals surface area contributed by atoms with Crippen molar-refractivity contribution in [3.63, 3.8) is 0 Å². The SMILES string of the molecule is COC(=O)[C@H](CO)NC(=S)SCCSC(=S)N[C@@H](CO)C(=O)OC. The van der Waals surface area contributed by atoms with Crippen molar-refractivity contribution >= 4 is 68.5 Å². The van der Waals surface area contributed by atoms with E-state index in [1.807, 2.05) is 0 Å². The molecule has 0 radical (unpaired) electrons.